The van der Waals surface area contributed by atoms with E-state index in [1.807, 2.05) is 0 Å². The van der Waals surface area contributed by atoms with Crippen molar-refractivity contribution >= 4 is 6.47 Å². The molecule has 0 heterocycles. The van der Waals surface area contributed by atoms with E-state index in [1.165, 1.54) is 14.0 Å². The van der Waals surface area contributed by atoms with Gasteiger partial charge in [-0.1, -0.05) is 0 Å². The minimum atomic E-state index is -1.59. The summed E-state index contributed by atoms with van der Waals surface area (Å²) in [5.41, 5.74) is 0. The van der Waals surface area contributed by atoms with Gasteiger partial charge in [0.05, 0.1) is 6.10 Å². The summed E-state index contributed by atoms with van der Waals surface area (Å²) >= 11 is 0. The zero-order valence-electron chi connectivity index (χ0n) is 7.45. The van der Waals surface area contributed by atoms with Crippen molar-refractivity contribution < 1.29 is 29.6 Å². The highest BCUT2D eigenvalue weighted by atomic mass is 16.7. The third-order valence-electron chi connectivity index (χ3n) is 1.58. The molecule has 0 radical (unpaired) electrons. The van der Waals surface area contributed by atoms with Gasteiger partial charge in [0, 0.05) is 7.11 Å². The van der Waals surface area contributed by atoms with Crippen molar-refractivity contribution in [1.82, 2.24) is 0 Å². The largest absolute Gasteiger partial charge is 0.435 e. The Morgan fingerprint density at radius 1 is 1.31 bits per heavy atom. The standard InChI is InChI=1S/C7H14O6/c1-4(9)5(10)6(12-2)7(11)13-3-8/h3-7,9-11H,1-2H3. The molecular weight excluding hydrogens is 180 g/mol. The molecule has 0 aliphatic heterocycles. The van der Waals surface area contributed by atoms with Gasteiger partial charge in [-0.2, -0.15) is 0 Å². The lowest BCUT2D eigenvalue weighted by atomic mass is 10.1. The zero-order valence-corrected chi connectivity index (χ0v) is 7.45. The lowest BCUT2D eigenvalue weighted by Gasteiger charge is -2.26. The van der Waals surface area contributed by atoms with Crippen LogP contribution in [0.4, 0.5) is 0 Å². The minimum Gasteiger partial charge on any atom is -0.435 e. The second-order valence-corrected chi connectivity index (χ2v) is 2.55. The van der Waals surface area contributed by atoms with Gasteiger partial charge in [-0.15, -0.1) is 0 Å². The predicted octanol–water partition coefficient (Wildman–Crippen LogP) is -1.77. The van der Waals surface area contributed by atoms with E-state index in [2.05, 4.69) is 9.47 Å². The molecule has 0 amide bonds. The first-order valence-electron chi connectivity index (χ1n) is 3.70. The van der Waals surface area contributed by atoms with Gasteiger partial charge in [0.2, 0.25) is 6.29 Å². The van der Waals surface area contributed by atoms with Crippen molar-refractivity contribution in [1.29, 1.82) is 0 Å². The summed E-state index contributed by atoms with van der Waals surface area (Å²) in [6.45, 7) is 1.36. The Labute approximate surface area is 75.7 Å². The van der Waals surface area contributed by atoms with Crippen LogP contribution in [0.5, 0.6) is 0 Å². The molecule has 0 aliphatic carbocycles. The minimum absolute atomic E-state index is 0.0332. The summed E-state index contributed by atoms with van der Waals surface area (Å²) in [6.07, 6.45) is -5.16. The van der Waals surface area contributed by atoms with Gasteiger partial charge in [-0.25, -0.2) is 0 Å². The summed E-state index contributed by atoms with van der Waals surface area (Å²) in [4.78, 5) is 9.85. The number of hydrogen-bond acceptors (Lipinski definition) is 6. The number of ether oxygens (including phenoxy) is 2. The molecule has 0 aromatic heterocycles. The molecule has 13 heavy (non-hydrogen) atoms. The number of rotatable bonds is 6. The monoisotopic (exact) mass is 194 g/mol. The Morgan fingerprint density at radius 3 is 2.15 bits per heavy atom. The van der Waals surface area contributed by atoms with Gasteiger partial charge in [0.25, 0.3) is 6.47 Å². The first-order chi connectivity index (χ1) is 6.04. The molecule has 78 valence electrons. The molecule has 6 heteroatoms. The maximum atomic E-state index is 9.85. The van der Waals surface area contributed by atoms with Crippen LogP contribution in [0.3, 0.4) is 0 Å². The van der Waals surface area contributed by atoms with E-state index >= 15 is 0 Å². The normalized spacial score (nSPS) is 20.1. The van der Waals surface area contributed by atoms with Crippen LogP contribution in [0.25, 0.3) is 0 Å². The summed E-state index contributed by atoms with van der Waals surface area (Å²) in [6, 6.07) is 0. The van der Waals surface area contributed by atoms with Gasteiger partial charge in [0.1, 0.15) is 12.2 Å². The number of methoxy groups -OCH3 is 1. The number of aliphatic hydroxyl groups is 3. The van der Waals surface area contributed by atoms with Crippen LogP contribution in [0.15, 0.2) is 0 Å². The van der Waals surface area contributed by atoms with Crippen LogP contribution in [0.1, 0.15) is 6.92 Å². The molecule has 4 atom stereocenters. The van der Waals surface area contributed by atoms with Crippen molar-refractivity contribution in [2.24, 2.45) is 0 Å². The van der Waals surface area contributed by atoms with E-state index in [1.54, 1.807) is 0 Å². The molecule has 4 unspecified atom stereocenters. The predicted molar refractivity (Wildman–Crippen MR) is 41.6 cm³/mol. The van der Waals surface area contributed by atoms with Gasteiger partial charge in [-0.3, -0.25) is 4.79 Å². The Kier molecular flexibility index (Phi) is 5.56. The van der Waals surface area contributed by atoms with Gasteiger partial charge in [-0.05, 0) is 6.92 Å². The van der Waals surface area contributed by atoms with E-state index in [9.17, 15) is 9.90 Å². The highest BCUT2D eigenvalue weighted by molar-refractivity contribution is 5.37. The summed E-state index contributed by atoms with van der Waals surface area (Å²) in [5.74, 6) is 0. The number of carbonyl (C=O) groups excluding carboxylic acids is 1. The van der Waals surface area contributed by atoms with E-state index in [0.717, 1.165) is 0 Å². The highest BCUT2D eigenvalue weighted by Crippen LogP contribution is 2.08. The number of carbonyl (C=O) groups is 1. The molecule has 0 aromatic carbocycles. The third-order valence-corrected chi connectivity index (χ3v) is 1.58. The zero-order chi connectivity index (χ0) is 10.4. The molecule has 0 bridgehead atoms. The van der Waals surface area contributed by atoms with Gasteiger partial charge < -0.3 is 24.8 Å². The van der Waals surface area contributed by atoms with Gasteiger partial charge >= 0.3 is 0 Å². The Hall–Kier alpha value is -0.690. The smallest absolute Gasteiger partial charge is 0.295 e. The average molecular weight is 194 g/mol. The molecule has 0 saturated carbocycles. The molecular formula is C7H14O6. The topological polar surface area (TPSA) is 96.2 Å². The SMILES string of the molecule is COC(C(O)OC=O)C(O)C(C)O. The third kappa shape index (κ3) is 3.69. The molecule has 3 N–H and O–H groups in total. The fourth-order valence-electron chi connectivity index (χ4n) is 0.833. The molecule has 0 aromatic rings. The van der Waals surface area contributed by atoms with E-state index < -0.39 is 24.6 Å². The Balaban J connectivity index is 4.21. The first kappa shape index (κ1) is 12.3. The quantitative estimate of drug-likeness (QED) is 0.342. The first-order valence-corrected chi connectivity index (χ1v) is 3.70. The molecule has 0 rings (SSSR count). The van der Waals surface area contributed by atoms with Crippen LogP contribution >= 0.6 is 0 Å². The second-order valence-electron chi connectivity index (χ2n) is 2.55. The second kappa shape index (κ2) is 5.87. The number of aliphatic hydroxyl groups excluding tert-OH is 3. The maximum Gasteiger partial charge on any atom is 0.295 e. The fraction of sp³-hybridized carbons (Fsp3) is 0.857. The summed E-state index contributed by atoms with van der Waals surface area (Å²) in [7, 11) is 1.22. The lowest BCUT2D eigenvalue weighted by Crippen LogP contribution is -2.45. The van der Waals surface area contributed by atoms with E-state index in [-0.39, 0.29) is 6.47 Å². The van der Waals surface area contributed by atoms with Crippen LogP contribution in [-0.2, 0) is 14.3 Å². The average Bonchev–Trinajstić information content (AvgIpc) is 2.05. The fourth-order valence-corrected chi connectivity index (χ4v) is 0.833. The molecule has 0 saturated heterocycles. The maximum absolute atomic E-state index is 9.85. The molecule has 6 nitrogen and oxygen atoms in total. The molecule has 0 fully saturated rings. The van der Waals surface area contributed by atoms with Crippen LogP contribution < -0.4 is 0 Å². The van der Waals surface area contributed by atoms with Crippen molar-refractivity contribution in [2.45, 2.75) is 31.5 Å². The van der Waals surface area contributed by atoms with E-state index in [0.29, 0.717) is 0 Å². The molecule has 0 aliphatic rings. The summed E-state index contributed by atoms with van der Waals surface area (Å²) < 4.78 is 8.79. The van der Waals surface area contributed by atoms with E-state index in [4.69, 9.17) is 10.2 Å². The Morgan fingerprint density at radius 2 is 1.85 bits per heavy atom. The summed E-state index contributed by atoms with van der Waals surface area (Å²) in [5, 5.41) is 27.3. The van der Waals surface area contributed by atoms with Crippen molar-refractivity contribution in [2.75, 3.05) is 7.11 Å². The molecule has 0 spiro atoms. The van der Waals surface area contributed by atoms with Crippen LogP contribution in [-0.4, -0.2) is 53.5 Å². The van der Waals surface area contributed by atoms with Gasteiger partial charge in [0.15, 0.2) is 0 Å². The van der Waals surface area contributed by atoms with Crippen molar-refractivity contribution in [3.05, 3.63) is 0 Å². The van der Waals surface area contributed by atoms with Crippen molar-refractivity contribution in [3.63, 3.8) is 0 Å². The Bertz CT molecular complexity index is 148. The van der Waals surface area contributed by atoms with Crippen LogP contribution in [0, 0.1) is 0 Å². The van der Waals surface area contributed by atoms with Crippen molar-refractivity contribution in [3.8, 4) is 0 Å². The highest BCUT2D eigenvalue weighted by Gasteiger charge is 2.31. The lowest BCUT2D eigenvalue weighted by molar-refractivity contribution is -0.203. The van der Waals surface area contributed by atoms with Crippen LogP contribution in [0.2, 0.25) is 0 Å². The number of hydrogen-bond donors (Lipinski definition) is 3.